The summed E-state index contributed by atoms with van der Waals surface area (Å²) in [5, 5.41) is 0.794. The van der Waals surface area contributed by atoms with Crippen molar-refractivity contribution in [2.24, 2.45) is 0 Å². The summed E-state index contributed by atoms with van der Waals surface area (Å²) in [7, 11) is 1.88. The smallest absolute Gasteiger partial charge is 0.162 e. The van der Waals surface area contributed by atoms with Crippen LogP contribution < -0.4 is 9.47 Å². The van der Waals surface area contributed by atoms with Crippen molar-refractivity contribution in [3.63, 3.8) is 0 Å². The highest BCUT2D eigenvalue weighted by molar-refractivity contribution is 7.85. The van der Waals surface area contributed by atoms with Gasteiger partial charge in [0, 0.05) is 22.5 Å². The molecule has 0 bridgehead atoms. The highest BCUT2D eigenvalue weighted by Gasteiger charge is 2.14. The second kappa shape index (κ2) is 6.15. The fourth-order valence-electron chi connectivity index (χ4n) is 2.28. The van der Waals surface area contributed by atoms with Crippen molar-refractivity contribution in [3.8, 4) is 11.5 Å². The zero-order valence-corrected chi connectivity index (χ0v) is 13.1. The second-order valence-electron chi connectivity index (χ2n) is 4.62. The van der Waals surface area contributed by atoms with Crippen LogP contribution in [0.4, 0.5) is 0 Å². The van der Waals surface area contributed by atoms with Gasteiger partial charge in [0.25, 0.3) is 0 Å². The molecular formula is C17H15NO3S. The van der Waals surface area contributed by atoms with E-state index < -0.39 is 10.8 Å². The summed E-state index contributed by atoms with van der Waals surface area (Å²) in [5.41, 5.74) is 0.722. The third-order valence-electron chi connectivity index (χ3n) is 3.36. The number of hydrogen-bond donors (Lipinski definition) is 0. The molecule has 1 atom stereocenters. The molecule has 0 aliphatic rings. The van der Waals surface area contributed by atoms with Crippen LogP contribution in [-0.2, 0) is 10.8 Å². The van der Waals surface area contributed by atoms with Gasteiger partial charge in [-0.25, -0.2) is 4.21 Å². The third kappa shape index (κ3) is 2.55. The molecule has 0 N–H and O–H groups in total. The van der Waals surface area contributed by atoms with Crippen LogP contribution in [0.2, 0.25) is 0 Å². The maximum Gasteiger partial charge on any atom is 0.162 e. The molecule has 2 aromatic carbocycles. The predicted molar refractivity (Wildman–Crippen MR) is 86.0 cm³/mol. The number of methoxy groups -OCH3 is 2. The third-order valence-corrected chi connectivity index (χ3v) is 4.82. The summed E-state index contributed by atoms with van der Waals surface area (Å²) in [6.07, 6.45) is 1.66. The van der Waals surface area contributed by atoms with Gasteiger partial charge < -0.3 is 9.47 Å². The molecule has 3 aromatic rings. The van der Waals surface area contributed by atoms with Crippen LogP contribution >= 0.6 is 0 Å². The Bertz CT molecular complexity index is 834. The van der Waals surface area contributed by atoms with Crippen molar-refractivity contribution in [2.75, 3.05) is 14.2 Å². The Hall–Kier alpha value is -2.40. The van der Waals surface area contributed by atoms with E-state index in [2.05, 4.69) is 4.98 Å². The van der Waals surface area contributed by atoms with Gasteiger partial charge >= 0.3 is 0 Å². The van der Waals surface area contributed by atoms with Gasteiger partial charge in [0.2, 0.25) is 0 Å². The fraction of sp³-hybridized carbons (Fsp3) is 0.118. The molecule has 0 saturated heterocycles. The Labute approximate surface area is 131 Å². The van der Waals surface area contributed by atoms with Crippen molar-refractivity contribution < 1.29 is 13.7 Å². The van der Waals surface area contributed by atoms with E-state index >= 15 is 0 Å². The molecule has 0 amide bonds. The van der Waals surface area contributed by atoms with E-state index in [0.717, 1.165) is 15.8 Å². The molecule has 0 aliphatic heterocycles. The average Bonchev–Trinajstić information content (AvgIpc) is 2.60. The molecular weight excluding hydrogens is 298 g/mol. The molecule has 0 unspecified atom stereocenters. The Kier molecular flexibility index (Phi) is 4.06. The van der Waals surface area contributed by atoms with E-state index in [-0.39, 0.29) is 0 Å². The summed E-state index contributed by atoms with van der Waals surface area (Å²) in [5.74, 6) is 1.19. The molecule has 0 saturated carbocycles. The van der Waals surface area contributed by atoms with E-state index in [1.165, 1.54) is 0 Å². The maximum absolute atomic E-state index is 12.8. The van der Waals surface area contributed by atoms with Crippen molar-refractivity contribution in [3.05, 3.63) is 54.7 Å². The normalized spacial score (nSPS) is 12.1. The number of nitrogens with zero attached hydrogens (tertiary/aromatic N) is 1. The minimum Gasteiger partial charge on any atom is -0.493 e. The summed E-state index contributed by atoms with van der Waals surface area (Å²) < 4.78 is 23.4. The van der Waals surface area contributed by atoms with Crippen molar-refractivity contribution in [1.29, 1.82) is 0 Å². The molecule has 22 heavy (non-hydrogen) atoms. The highest BCUT2D eigenvalue weighted by Crippen LogP contribution is 2.34. The summed E-state index contributed by atoms with van der Waals surface area (Å²) in [6, 6.07) is 14.7. The first-order valence-electron chi connectivity index (χ1n) is 6.72. The first-order valence-corrected chi connectivity index (χ1v) is 7.87. The largest absolute Gasteiger partial charge is 0.493 e. The maximum atomic E-state index is 12.8. The minimum absolute atomic E-state index is 0.592. The zero-order valence-electron chi connectivity index (χ0n) is 12.3. The topological polar surface area (TPSA) is 48.4 Å². The van der Waals surface area contributed by atoms with Gasteiger partial charge in [-0.2, -0.15) is 0 Å². The molecule has 3 rings (SSSR count). The van der Waals surface area contributed by atoms with Crippen molar-refractivity contribution >= 4 is 21.7 Å². The Morgan fingerprint density at radius 3 is 2.32 bits per heavy atom. The Morgan fingerprint density at radius 2 is 1.64 bits per heavy atom. The first kappa shape index (κ1) is 14.5. The van der Waals surface area contributed by atoms with Crippen LogP contribution in [0, 0.1) is 0 Å². The molecule has 0 fully saturated rings. The van der Waals surface area contributed by atoms with Crippen LogP contribution in [-0.4, -0.2) is 23.4 Å². The lowest BCUT2D eigenvalue weighted by molar-refractivity contribution is 0.355. The number of ether oxygens (including phenoxy) is 2. The van der Waals surface area contributed by atoms with Crippen LogP contribution in [0.3, 0.4) is 0 Å². The van der Waals surface area contributed by atoms with Gasteiger partial charge in [-0.1, -0.05) is 18.2 Å². The van der Waals surface area contributed by atoms with Crippen molar-refractivity contribution in [2.45, 2.75) is 9.79 Å². The van der Waals surface area contributed by atoms with Gasteiger partial charge in [0.1, 0.15) is 0 Å². The first-order chi connectivity index (χ1) is 10.7. The lowest BCUT2D eigenvalue weighted by atomic mass is 10.2. The highest BCUT2D eigenvalue weighted by atomic mass is 32.2. The Balaban J connectivity index is 2.20. The molecule has 5 heteroatoms. The summed E-state index contributed by atoms with van der Waals surface area (Å²) in [4.78, 5) is 5.79. The standard InChI is InChI=1S/C17H15NO3S/c1-20-15-10-13-14(11-16(15)21-2)18-9-8-17(13)22(19)12-6-4-3-5-7-12/h3-11H,1-2H3/t22-/m0/s1. The fourth-order valence-corrected chi connectivity index (χ4v) is 3.49. The molecule has 1 heterocycles. The molecule has 0 radical (unpaired) electrons. The van der Waals surface area contributed by atoms with E-state index in [1.807, 2.05) is 36.4 Å². The SMILES string of the molecule is COc1cc2nccc([S@@](=O)c3ccccc3)c2cc1OC. The number of fused-ring (bicyclic) bond motifs is 1. The number of pyridine rings is 1. The molecule has 0 spiro atoms. The van der Waals surface area contributed by atoms with Gasteiger partial charge in [0.05, 0.1) is 35.4 Å². The number of benzene rings is 2. The molecule has 1 aromatic heterocycles. The number of hydrogen-bond acceptors (Lipinski definition) is 4. The zero-order chi connectivity index (χ0) is 15.5. The summed E-state index contributed by atoms with van der Waals surface area (Å²) >= 11 is 0. The quantitative estimate of drug-likeness (QED) is 0.740. The van der Waals surface area contributed by atoms with Gasteiger partial charge in [-0.15, -0.1) is 0 Å². The van der Waals surface area contributed by atoms with E-state index in [9.17, 15) is 4.21 Å². The average molecular weight is 313 g/mol. The van der Waals surface area contributed by atoms with Crippen molar-refractivity contribution in [1.82, 2.24) is 4.98 Å². The monoisotopic (exact) mass is 313 g/mol. The molecule has 112 valence electrons. The molecule has 0 aliphatic carbocycles. The number of rotatable bonds is 4. The second-order valence-corrected chi connectivity index (χ2v) is 6.06. The van der Waals surface area contributed by atoms with Crippen LogP contribution in [0.25, 0.3) is 10.9 Å². The molecule has 4 nitrogen and oxygen atoms in total. The lowest BCUT2D eigenvalue weighted by Crippen LogP contribution is -1.97. The van der Waals surface area contributed by atoms with E-state index in [0.29, 0.717) is 16.4 Å². The predicted octanol–water partition coefficient (Wildman–Crippen LogP) is 3.42. The lowest BCUT2D eigenvalue weighted by Gasteiger charge is -2.11. The van der Waals surface area contributed by atoms with Crippen LogP contribution in [0.5, 0.6) is 11.5 Å². The van der Waals surface area contributed by atoms with Gasteiger partial charge in [0.15, 0.2) is 11.5 Å². The summed E-state index contributed by atoms with van der Waals surface area (Å²) in [6.45, 7) is 0. The number of aromatic nitrogens is 1. The minimum atomic E-state index is -1.28. The van der Waals surface area contributed by atoms with Gasteiger partial charge in [-0.05, 0) is 24.3 Å². The van der Waals surface area contributed by atoms with E-state index in [4.69, 9.17) is 9.47 Å². The van der Waals surface area contributed by atoms with E-state index in [1.54, 1.807) is 32.5 Å². The van der Waals surface area contributed by atoms with Crippen LogP contribution in [0.1, 0.15) is 0 Å². The van der Waals surface area contributed by atoms with Crippen LogP contribution in [0.15, 0.2) is 64.5 Å². The Morgan fingerprint density at radius 1 is 0.955 bits per heavy atom. The van der Waals surface area contributed by atoms with Gasteiger partial charge in [-0.3, -0.25) is 4.98 Å².